The third-order valence-corrected chi connectivity index (χ3v) is 8.97. The van der Waals surface area contributed by atoms with Crippen LogP contribution in [0.2, 0.25) is 10.0 Å². The lowest BCUT2D eigenvalue weighted by Gasteiger charge is -2.21. The predicted molar refractivity (Wildman–Crippen MR) is 107 cm³/mol. The fourth-order valence-electron chi connectivity index (χ4n) is 2.76. The van der Waals surface area contributed by atoms with Gasteiger partial charge in [0.25, 0.3) is 10.0 Å². The summed E-state index contributed by atoms with van der Waals surface area (Å²) in [4.78, 5) is 0. The van der Waals surface area contributed by atoms with Crippen LogP contribution >= 0.6 is 23.2 Å². The van der Waals surface area contributed by atoms with E-state index in [0.29, 0.717) is 23.1 Å². The van der Waals surface area contributed by atoms with Gasteiger partial charge in [0.2, 0.25) is 10.0 Å². The zero-order valence-electron chi connectivity index (χ0n) is 15.4. The molecule has 0 aliphatic heterocycles. The van der Waals surface area contributed by atoms with E-state index in [4.69, 9.17) is 28.9 Å². The van der Waals surface area contributed by atoms with Crippen molar-refractivity contribution < 1.29 is 30.0 Å². The van der Waals surface area contributed by atoms with Gasteiger partial charge in [-0.2, -0.15) is 27.2 Å². The topological polar surface area (TPSA) is 139 Å². The molecular weight excluding hydrogens is 506 g/mol. The van der Waals surface area contributed by atoms with Gasteiger partial charge in [0, 0.05) is 0 Å². The molecule has 1 fully saturated rings. The fraction of sp³-hybridized carbons (Fsp3) is 0.333. The van der Waals surface area contributed by atoms with E-state index in [1.54, 1.807) is 0 Å². The molecule has 0 radical (unpaired) electrons. The first kappa shape index (κ1) is 23.5. The van der Waals surface area contributed by atoms with Crippen LogP contribution in [0, 0.1) is 11.3 Å². The highest BCUT2D eigenvalue weighted by atomic mass is 35.5. The molecule has 1 aromatic heterocycles. The Labute approximate surface area is 184 Å². The molecule has 16 heteroatoms. The molecule has 0 amide bonds. The van der Waals surface area contributed by atoms with E-state index in [1.165, 1.54) is 6.07 Å². The predicted octanol–water partition coefficient (Wildman–Crippen LogP) is 2.91. The molecule has 1 aromatic carbocycles. The van der Waals surface area contributed by atoms with Crippen molar-refractivity contribution in [3.63, 3.8) is 0 Å². The average Bonchev–Trinajstić information content (AvgIpc) is 3.41. The molecule has 9 nitrogen and oxygen atoms in total. The van der Waals surface area contributed by atoms with Crippen molar-refractivity contribution >= 4 is 54.8 Å². The Morgan fingerprint density at radius 1 is 1.23 bits per heavy atom. The largest absolute Gasteiger partial charge is 0.416 e. The second-order valence-electron chi connectivity index (χ2n) is 6.60. The van der Waals surface area contributed by atoms with Crippen LogP contribution < -0.4 is 9.44 Å². The van der Waals surface area contributed by atoms with E-state index >= 15 is 0 Å². The second-order valence-corrected chi connectivity index (χ2v) is 11.5. The number of alkyl halides is 3. The number of aromatic nitrogens is 2. The molecule has 1 aliphatic rings. The Hall–Kier alpha value is -2.21. The van der Waals surface area contributed by atoms with Crippen LogP contribution in [0.1, 0.15) is 24.1 Å². The maximum Gasteiger partial charge on any atom is 0.416 e. The van der Waals surface area contributed by atoms with Crippen molar-refractivity contribution in [2.24, 2.45) is 0 Å². The Morgan fingerprint density at radius 2 is 1.74 bits per heavy atom. The molecule has 2 aromatic rings. The molecule has 0 atom stereocenters. The van der Waals surface area contributed by atoms with E-state index in [-0.39, 0.29) is 16.6 Å². The minimum absolute atomic E-state index is 0.0148. The first-order chi connectivity index (χ1) is 14.1. The van der Waals surface area contributed by atoms with E-state index in [9.17, 15) is 35.3 Å². The standard InChI is InChI=1S/C15H12Cl2F3N5O4S2/c1-30(26,27)25(31(28,29)8-2-3-8)13-11(6-21)23-24(14(13)22)12-9(16)4-7(5-10(12)17)15(18,19)20/h4-5,8H,2-3,22H2,1H3. The smallest absolute Gasteiger partial charge is 0.382 e. The molecule has 1 aliphatic carbocycles. The maximum atomic E-state index is 13.0. The number of nitriles is 1. The molecule has 31 heavy (non-hydrogen) atoms. The lowest BCUT2D eigenvalue weighted by Crippen LogP contribution is -2.39. The molecule has 0 unspecified atom stereocenters. The summed E-state index contributed by atoms with van der Waals surface area (Å²) in [7, 11) is -8.97. The lowest BCUT2D eigenvalue weighted by molar-refractivity contribution is -0.137. The summed E-state index contributed by atoms with van der Waals surface area (Å²) in [6.07, 6.45) is -3.75. The molecule has 0 bridgehead atoms. The lowest BCUT2D eigenvalue weighted by atomic mass is 10.2. The van der Waals surface area contributed by atoms with Crippen molar-refractivity contribution in [1.29, 1.82) is 5.26 Å². The van der Waals surface area contributed by atoms with Gasteiger partial charge < -0.3 is 5.73 Å². The molecule has 1 saturated carbocycles. The summed E-state index contributed by atoms with van der Waals surface area (Å²) < 4.78 is 89.8. The number of benzene rings is 1. The van der Waals surface area contributed by atoms with Crippen molar-refractivity contribution in [3.8, 4) is 11.8 Å². The number of hydrogen-bond donors (Lipinski definition) is 1. The number of anilines is 2. The van der Waals surface area contributed by atoms with Gasteiger partial charge >= 0.3 is 6.18 Å². The maximum absolute atomic E-state index is 13.0. The van der Waals surface area contributed by atoms with Crippen LogP contribution in [0.3, 0.4) is 0 Å². The molecule has 1 heterocycles. The van der Waals surface area contributed by atoms with Gasteiger partial charge in [-0.3, -0.25) is 0 Å². The van der Waals surface area contributed by atoms with Gasteiger partial charge in [-0.05, 0) is 25.0 Å². The molecular formula is C15H12Cl2F3N5O4S2. The van der Waals surface area contributed by atoms with Gasteiger partial charge in [0.15, 0.2) is 11.5 Å². The third-order valence-electron chi connectivity index (χ3n) is 4.22. The van der Waals surface area contributed by atoms with Crippen LogP contribution in [-0.4, -0.2) is 38.1 Å². The van der Waals surface area contributed by atoms with E-state index in [0.717, 1.165) is 0 Å². The van der Waals surface area contributed by atoms with Crippen molar-refractivity contribution in [2.75, 3.05) is 15.7 Å². The highest BCUT2D eigenvalue weighted by molar-refractivity contribution is 8.10. The Balaban J connectivity index is 2.30. The number of nitrogens with zero attached hydrogens (tertiary/aromatic N) is 4. The summed E-state index contributed by atoms with van der Waals surface area (Å²) in [6.45, 7) is 0. The average molecular weight is 518 g/mol. The highest BCUT2D eigenvalue weighted by Crippen LogP contribution is 2.42. The van der Waals surface area contributed by atoms with Gasteiger partial charge in [0.05, 0.1) is 27.1 Å². The number of nitrogens with two attached hydrogens (primary N) is 1. The fourth-order valence-corrected chi connectivity index (χ4v) is 7.23. The first-order valence-electron chi connectivity index (χ1n) is 8.20. The molecule has 2 N–H and O–H groups in total. The van der Waals surface area contributed by atoms with Gasteiger partial charge in [-0.1, -0.05) is 23.2 Å². The van der Waals surface area contributed by atoms with Crippen LogP contribution in [0.25, 0.3) is 5.69 Å². The van der Waals surface area contributed by atoms with E-state index < -0.39 is 70.0 Å². The summed E-state index contributed by atoms with van der Waals surface area (Å²) in [5, 5.41) is 11.0. The van der Waals surface area contributed by atoms with Gasteiger partial charge in [-0.15, -0.1) is 0 Å². The number of hydrogen-bond acceptors (Lipinski definition) is 7. The van der Waals surface area contributed by atoms with Gasteiger partial charge in [0.1, 0.15) is 17.4 Å². The number of halogens is 5. The highest BCUT2D eigenvalue weighted by Gasteiger charge is 2.47. The van der Waals surface area contributed by atoms with Crippen LogP contribution in [0.15, 0.2) is 12.1 Å². The third kappa shape index (κ3) is 4.14. The monoisotopic (exact) mass is 517 g/mol. The second kappa shape index (κ2) is 7.44. The van der Waals surface area contributed by atoms with E-state index in [1.807, 2.05) is 0 Å². The minimum atomic E-state index is -4.77. The Kier molecular flexibility index (Phi) is 5.63. The Bertz CT molecular complexity index is 1310. The summed E-state index contributed by atoms with van der Waals surface area (Å²) in [5.74, 6) is -0.672. The molecule has 168 valence electrons. The summed E-state index contributed by atoms with van der Waals surface area (Å²) in [6, 6.07) is 2.60. The normalized spacial score (nSPS) is 15.0. The van der Waals surface area contributed by atoms with Crippen LogP contribution in [0.4, 0.5) is 24.7 Å². The zero-order chi connectivity index (χ0) is 23.5. The van der Waals surface area contributed by atoms with Crippen LogP contribution in [0.5, 0.6) is 0 Å². The van der Waals surface area contributed by atoms with Crippen molar-refractivity contribution in [3.05, 3.63) is 33.4 Å². The first-order valence-corrected chi connectivity index (χ1v) is 12.3. The van der Waals surface area contributed by atoms with Crippen molar-refractivity contribution in [2.45, 2.75) is 24.3 Å². The minimum Gasteiger partial charge on any atom is -0.382 e. The number of rotatable bonds is 5. The van der Waals surface area contributed by atoms with Gasteiger partial charge in [-0.25, -0.2) is 21.5 Å². The zero-order valence-corrected chi connectivity index (χ0v) is 18.5. The number of nitrogen functional groups attached to an aromatic ring is 1. The SMILES string of the molecule is CS(=O)(=O)N(c1c(C#N)nn(-c2c(Cl)cc(C(F)(F)F)cc2Cl)c1N)S(=O)(=O)C1CC1. The molecule has 0 spiro atoms. The number of sulfonamides is 2. The van der Waals surface area contributed by atoms with Crippen LogP contribution in [-0.2, 0) is 26.2 Å². The van der Waals surface area contributed by atoms with E-state index in [2.05, 4.69) is 5.10 Å². The Morgan fingerprint density at radius 3 is 2.13 bits per heavy atom. The summed E-state index contributed by atoms with van der Waals surface area (Å²) in [5.41, 5.74) is 2.89. The van der Waals surface area contributed by atoms with Crippen molar-refractivity contribution in [1.82, 2.24) is 9.78 Å². The molecule has 3 rings (SSSR count). The quantitative estimate of drug-likeness (QED) is 0.642. The molecule has 0 saturated heterocycles. The summed E-state index contributed by atoms with van der Waals surface area (Å²) >= 11 is 11.9.